The van der Waals surface area contributed by atoms with Crippen molar-refractivity contribution < 1.29 is 4.79 Å². The van der Waals surface area contributed by atoms with Crippen LogP contribution in [0.3, 0.4) is 0 Å². The van der Waals surface area contributed by atoms with E-state index in [1.54, 1.807) is 12.3 Å². The Morgan fingerprint density at radius 2 is 2.13 bits per heavy atom. The molecule has 112 valence electrons. The van der Waals surface area contributed by atoms with E-state index in [9.17, 15) is 4.79 Å². The number of hydrogen-bond acceptors (Lipinski definition) is 5. The fraction of sp³-hybridized carbons (Fsp3) is 0.0588. The van der Waals surface area contributed by atoms with Crippen molar-refractivity contribution in [2.45, 2.75) is 6.42 Å². The third-order valence-electron chi connectivity index (χ3n) is 3.07. The Labute approximate surface area is 137 Å². The molecule has 3 rings (SSSR count). The average Bonchev–Trinajstić information content (AvgIpc) is 3.06. The highest BCUT2D eigenvalue weighted by Gasteiger charge is 2.08. The highest BCUT2D eigenvalue weighted by atomic mass is 32.1. The molecule has 6 heteroatoms. The van der Waals surface area contributed by atoms with Crippen molar-refractivity contribution in [2.75, 3.05) is 5.32 Å². The van der Waals surface area contributed by atoms with E-state index in [0.29, 0.717) is 5.69 Å². The number of amides is 1. The summed E-state index contributed by atoms with van der Waals surface area (Å²) in [6.07, 6.45) is 1.58. The highest BCUT2D eigenvalue weighted by molar-refractivity contribution is 7.13. The molecule has 5 nitrogen and oxygen atoms in total. The molecular formula is C17H12N4OS. The van der Waals surface area contributed by atoms with Gasteiger partial charge in [-0.2, -0.15) is 5.26 Å². The highest BCUT2D eigenvalue weighted by Crippen LogP contribution is 2.28. The molecule has 0 atom stereocenters. The number of nitrogens with zero attached hydrogens (tertiary/aromatic N) is 3. The van der Waals surface area contributed by atoms with Crippen molar-refractivity contribution in [2.24, 2.45) is 0 Å². The van der Waals surface area contributed by atoms with Gasteiger partial charge in [-0.15, -0.1) is 11.3 Å². The van der Waals surface area contributed by atoms with Crippen molar-refractivity contribution in [3.8, 4) is 28.0 Å². The van der Waals surface area contributed by atoms with Gasteiger partial charge in [0.1, 0.15) is 11.4 Å². The van der Waals surface area contributed by atoms with Gasteiger partial charge >= 0.3 is 0 Å². The molecule has 0 aliphatic heterocycles. The van der Waals surface area contributed by atoms with Crippen LogP contribution in [0.2, 0.25) is 0 Å². The number of nitriles is 1. The predicted molar refractivity (Wildman–Crippen MR) is 89.6 cm³/mol. The minimum Gasteiger partial charge on any atom is -0.325 e. The maximum atomic E-state index is 11.5. The molecule has 0 aliphatic carbocycles. The largest absolute Gasteiger partial charge is 0.325 e. The summed E-state index contributed by atoms with van der Waals surface area (Å²) < 4.78 is 0. The van der Waals surface area contributed by atoms with Crippen LogP contribution in [0.4, 0.5) is 5.69 Å². The predicted octanol–water partition coefficient (Wildman–Crippen LogP) is 3.72. The van der Waals surface area contributed by atoms with Crippen LogP contribution < -0.4 is 5.32 Å². The number of hydrogen-bond donors (Lipinski definition) is 1. The summed E-state index contributed by atoms with van der Waals surface area (Å²) in [6, 6.07) is 14.9. The quantitative estimate of drug-likeness (QED) is 0.794. The topological polar surface area (TPSA) is 78.7 Å². The van der Waals surface area contributed by atoms with E-state index in [-0.39, 0.29) is 12.3 Å². The number of rotatable bonds is 4. The van der Waals surface area contributed by atoms with Crippen LogP contribution in [0.25, 0.3) is 22.0 Å². The SMILES string of the molecule is N#CCC(=O)Nc1cccc(-c2csc(-c3ccccn3)n2)c1. The van der Waals surface area contributed by atoms with Crippen LogP contribution >= 0.6 is 11.3 Å². The number of thiazole rings is 1. The molecule has 23 heavy (non-hydrogen) atoms. The summed E-state index contributed by atoms with van der Waals surface area (Å²) >= 11 is 1.52. The summed E-state index contributed by atoms with van der Waals surface area (Å²) in [5, 5.41) is 14.0. The van der Waals surface area contributed by atoms with Crippen molar-refractivity contribution in [1.82, 2.24) is 9.97 Å². The second kappa shape index (κ2) is 6.81. The Morgan fingerprint density at radius 1 is 1.22 bits per heavy atom. The monoisotopic (exact) mass is 320 g/mol. The summed E-state index contributed by atoms with van der Waals surface area (Å²) in [6.45, 7) is 0. The molecule has 2 aromatic heterocycles. The van der Waals surface area contributed by atoms with Crippen molar-refractivity contribution in [3.05, 3.63) is 54.0 Å². The van der Waals surface area contributed by atoms with Gasteiger partial charge in [0.15, 0.2) is 0 Å². The summed E-state index contributed by atoms with van der Waals surface area (Å²) in [5.41, 5.74) is 3.21. The Hall–Kier alpha value is -3.04. The standard InChI is InChI=1S/C17H12N4OS/c18-8-7-16(22)20-13-5-3-4-12(10-13)15-11-23-17(21-15)14-6-1-2-9-19-14/h1-6,9-11H,7H2,(H,20,22). The molecule has 0 saturated heterocycles. The van der Waals surface area contributed by atoms with Gasteiger partial charge in [-0.1, -0.05) is 18.2 Å². The van der Waals surface area contributed by atoms with Crippen LogP contribution in [0.5, 0.6) is 0 Å². The molecule has 0 fully saturated rings. The Morgan fingerprint density at radius 3 is 2.91 bits per heavy atom. The number of anilines is 1. The minimum absolute atomic E-state index is 0.162. The zero-order chi connectivity index (χ0) is 16.1. The number of nitrogens with one attached hydrogen (secondary N) is 1. The first kappa shape index (κ1) is 14.9. The second-order valence-electron chi connectivity index (χ2n) is 4.72. The first-order valence-electron chi connectivity index (χ1n) is 6.90. The molecule has 0 bridgehead atoms. The zero-order valence-corrected chi connectivity index (χ0v) is 12.9. The number of carbonyl (C=O) groups excluding carboxylic acids is 1. The molecule has 0 radical (unpaired) electrons. The molecule has 1 aromatic carbocycles. The summed E-state index contributed by atoms with van der Waals surface area (Å²) in [5.74, 6) is -0.322. The lowest BCUT2D eigenvalue weighted by Gasteiger charge is -2.04. The number of benzene rings is 1. The van der Waals surface area contributed by atoms with E-state index in [0.717, 1.165) is 22.0 Å². The molecule has 0 unspecified atom stereocenters. The Bertz CT molecular complexity index is 868. The average molecular weight is 320 g/mol. The molecular weight excluding hydrogens is 308 g/mol. The number of pyridine rings is 1. The van der Waals surface area contributed by atoms with Gasteiger partial charge in [-0.25, -0.2) is 4.98 Å². The third-order valence-corrected chi connectivity index (χ3v) is 3.93. The maximum absolute atomic E-state index is 11.5. The maximum Gasteiger partial charge on any atom is 0.238 e. The van der Waals surface area contributed by atoms with Crippen molar-refractivity contribution in [1.29, 1.82) is 5.26 Å². The molecule has 0 spiro atoms. The van der Waals surface area contributed by atoms with Crippen molar-refractivity contribution in [3.63, 3.8) is 0 Å². The summed E-state index contributed by atoms with van der Waals surface area (Å²) in [4.78, 5) is 20.4. The summed E-state index contributed by atoms with van der Waals surface area (Å²) in [7, 11) is 0. The van der Waals surface area contributed by atoms with E-state index in [4.69, 9.17) is 5.26 Å². The Balaban J connectivity index is 1.84. The molecule has 3 aromatic rings. The lowest BCUT2D eigenvalue weighted by atomic mass is 10.1. The third kappa shape index (κ3) is 3.59. The Kier molecular flexibility index (Phi) is 4.41. The van der Waals surface area contributed by atoms with Gasteiger partial charge in [0.25, 0.3) is 0 Å². The van der Waals surface area contributed by atoms with E-state index in [2.05, 4.69) is 15.3 Å². The lowest BCUT2D eigenvalue weighted by Crippen LogP contribution is -2.09. The van der Waals surface area contributed by atoms with Gasteiger partial charge in [0.2, 0.25) is 5.91 Å². The smallest absolute Gasteiger partial charge is 0.238 e. The lowest BCUT2D eigenvalue weighted by molar-refractivity contribution is -0.115. The molecule has 2 heterocycles. The first-order chi connectivity index (χ1) is 11.3. The molecule has 1 N–H and O–H groups in total. The van der Waals surface area contributed by atoms with Gasteiger partial charge < -0.3 is 5.32 Å². The fourth-order valence-electron chi connectivity index (χ4n) is 2.05. The van der Waals surface area contributed by atoms with Crippen LogP contribution in [0, 0.1) is 11.3 Å². The first-order valence-corrected chi connectivity index (χ1v) is 7.78. The normalized spacial score (nSPS) is 10.0. The van der Waals surface area contributed by atoms with Crippen molar-refractivity contribution >= 4 is 22.9 Å². The van der Waals surface area contributed by atoms with Gasteiger partial charge in [-0.05, 0) is 24.3 Å². The van der Waals surface area contributed by atoms with Gasteiger partial charge in [0.05, 0.1) is 17.5 Å². The fourth-order valence-corrected chi connectivity index (χ4v) is 2.85. The molecule has 0 aliphatic rings. The van der Waals surface area contributed by atoms with Gasteiger partial charge in [-0.3, -0.25) is 9.78 Å². The number of aromatic nitrogens is 2. The van der Waals surface area contributed by atoms with Crippen LogP contribution in [-0.4, -0.2) is 15.9 Å². The van der Waals surface area contributed by atoms with E-state index < -0.39 is 0 Å². The molecule has 1 amide bonds. The van der Waals surface area contributed by atoms with Crippen LogP contribution in [0.15, 0.2) is 54.0 Å². The second-order valence-corrected chi connectivity index (χ2v) is 5.57. The van der Waals surface area contributed by atoms with Crippen LogP contribution in [0.1, 0.15) is 6.42 Å². The molecule has 0 saturated carbocycles. The van der Waals surface area contributed by atoms with Gasteiger partial charge in [0, 0.05) is 22.8 Å². The van der Waals surface area contributed by atoms with Crippen LogP contribution in [-0.2, 0) is 4.79 Å². The zero-order valence-electron chi connectivity index (χ0n) is 12.1. The minimum atomic E-state index is -0.322. The van der Waals surface area contributed by atoms with E-state index >= 15 is 0 Å². The van der Waals surface area contributed by atoms with E-state index in [1.165, 1.54) is 11.3 Å². The van der Waals surface area contributed by atoms with E-state index in [1.807, 2.05) is 47.8 Å². The number of carbonyl (C=O) groups is 1.